The molecule has 5 nitrogen and oxygen atoms in total. The molecule has 0 aliphatic heterocycles. The van der Waals surface area contributed by atoms with Crippen LogP contribution in [-0.2, 0) is 0 Å². The lowest BCUT2D eigenvalue weighted by Crippen LogP contribution is -2.25. The third-order valence-corrected chi connectivity index (χ3v) is 3.02. The van der Waals surface area contributed by atoms with Crippen LogP contribution in [0.3, 0.4) is 0 Å². The summed E-state index contributed by atoms with van der Waals surface area (Å²) in [7, 11) is 0. The van der Waals surface area contributed by atoms with Gasteiger partial charge in [0.2, 0.25) is 5.95 Å². The van der Waals surface area contributed by atoms with E-state index in [1.54, 1.807) is 6.20 Å². The van der Waals surface area contributed by atoms with Gasteiger partial charge in [-0.3, -0.25) is 5.43 Å². The molecule has 0 fully saturated rings. The SMILES string of the molecule is CCC(Nc1nc(NN)ncc1Br)C(C)C. The van der Waals surface area contributed by atoms with Crippen molar-refractivity contribution in [1.82, 2.24) is 9.97 Å². The van der Waals surface area contributed by atoms with Crippen LogP contribution in [0.1, 0.15) is 27.2 Å². The van der Waals surface area contributed by atoms with Gasteiger partial charge in [0, 0.05) is 12.2 Å². The van der Waals surface area contributed by atoms with Crippen molar-refractivity contribution in [1.29, 1.82) is 0 Å². The Labute approximate surface area is 104 Å². The van der Waals surface area contributed by atoms with Gasteiger partial charge in [-0.2, -0.15) is 4.98 Å². The van der Waals surface area contributed by atoms with Crippen molar-refractivity contribution < 1.29 is 0 Å². The van der Waals surface area contributed by atoms with Gasteiger partial charge in [0.15, 0.2) is 0 Å². The standard InChI is InChI=1S/C10H18BrN5/c1-4-8(6(2)3)14-9-7(11)5-13-10(15-9)16-12/h5-6,8H,4,12H2,1-3H3,(H2,13,14,15,16). The summed E-state index contributed by atoms with van der Waals surface area (Å²) in [6.45, 7) is 6.51. The van der Waals surface area contributed by atoms with Gasteiger partial charge in [-0.1, -0.05) is 20.8 Å². The second kappa shape index (κ2) is 6.00. The number of nitrogens with two attached hydrogens (primary N) is 1. The highest BCUT2D eigenvalue weighted by molar-refractivity contribution is 9.10. The summed E-state index contributed by atoms with van der Waals surface area (Å²) in [5.74, 6) is 6.99. The molecule has 16 heavy (non-hydrogen) atoms. The van der Waals surface area contributed by atoms with Gasteiger partial charge in [0.25, 0.3) is 0 Å². The molecule has 0 spiro atoms. The van der Waals surface area contributed by atoms with E-state index in [1.807, 2.05) is 0 Å². The van der Waals surface area contributed by atoms with Gasteiger partial charge < -0.3 is 5.32 Å². The maximum atomic E-state index is 5.27. The smallest absolute Gasteiger partial charge is 0.239 e. The molecule has 1 rings (SSSR count). The zero-order valence-electron chi connectivity index (χ0n) is 9.79. The van der Waals surface area contributed by atoms with E-state index in [0.29, 0.717) is 17.9 Å². The number of nitrogens with one attached hydrogen (secondary N) is 2. The minimum atomic E-state index is 0.386. The average Bonchev–Trinajstić information content (AvgIpc) is 2.27. The van der Waals surface area contributed by atoms with E-state index in [1.165, 1.54) is 0 Å². The van der Waals surface area contributed by atoms with E-state index in [4.69, 9.17) is 5.84 Å². The van der Waals surface area contributed by atoms with Crippen molar-refractivity contribution in [3.05, 3.63) is 10.7 Å². The Kier molecular flexibility index (Phi) is 4.95. The summed E-state index contributed by atoms with van der Waals surface area (Å²) < 4.78 is 0.839. The number of aromatic nitrogens is 2. The molecule has 0 aliphatic rings. The molecule has 1 aromatic rings. The van der Waals surface area contributed by atoms with E-state index in [2.05, 4.69) is 57.4 Å². The molecule has 0 aromatic carbocycles. The highest BCUT2D eigenvalue weighted by Crippen LogP contribution is 2.22. The number of hydrogen-bond donors (Lipinski definition) is 3. The van der Waals surface area contributed by atoms with Crippen LogP contribution in [0.25, 0.3) is 0 Å². The van der Waals surface area contributed by atoms with E-state index < -0.39 is 0 Å². The third kappa shape index (κ3) is 3.31. The van der Waals surface area contributed by atoms with Crippen LogP contribution in [-0.4, -0.2) is 16.0 Å². The predicted molar refractivity (Wildman–Crippen MR) is 70.1 cm³/mol. The van der Waals surface area contributed by atoms with Crippen molar-refractivity contribution in [3.63, 3.8) is 0 Å². The maximum Gasteiger partial charge on any atom is 0.239 e. The molecule has 0 radical (unpaired) electrons. The summed E-state index contributed by atoms with van der Waals surface area (Å²) in [6.07, 6.45) is 2.72. The van der Waals surface area contributed by atoms with Crippen molar-refractivity contribution in [2.24, 2.45) is 11.8 Å². The van der Waals surface area contributed by atoms with Gasteiger partial charge in [-0.05, 0) is 28.3 Å². The summed E-state index contributed by atoms with van der Waals surface area (Å²) in [6, 6.07) is 0.386. The lowest BCUT2D eigenvalue weighted by Gasteiger charge is -2.22. The summed E-state index contributed by atoms with van der Waals surface area (Å²) in [4.78, 5) is 8.26. The van der Waals surface area contributed by atoms with Crippen molar-refractivity contribution in [3.8, 4) is 0 Å². The van der Waals surface area contributed by atoms with Gasteiger partial charge in [0.1, 0.15) is 5.82 Å². The second-order valence-electron chi connectivity index (χ2n) is 3.94. The molecule has 0 aliphatic carbocycles. The highest BCUT2D eigenvalue weighted by atomic mass is 79.9. The molecule has 0 saturated heterocycles. The van der Waals surface area contributed by atoms with Gasteiger partial charge in [0.05, 0.1) is 4.47 Å². The van der Waals surface area contributed by atoms with E-state index in [-0.39, 0.29) is 0 Å². The zero-order chi connectivity index (χ0) is 12.1. The summed E-state index contributed by atoms with van der Waals surface area (Å²) >= 11 is 3.41. The highest BCUT2D eigenvalue weighted by Gasteiger charge is 2.13. The number of rotatable bonds is 5. The second-order valence-corrected chi connectivity index (χ2v) is 4.79. The summed E-state index contributed by atoms with van der Waals surface area (Å²) in [5.41, 5.74) is 2.43. The number of halogens is 1. The number of hydrazine groups is 1. The van der Waals surface area contributed by atoms with Crippen LogP contribution in [0.4, 0.5) is 11.8 Å². The monoisotopic (exact) mass is 287 g/mol. The van der Waals surface area contributed by atoms with Gasteiger partial charge >= 0.3 is 0 Å². The molecule has 1 unspecified atom stereocenters. The first-order valence-electron chi connectivity index (χ1n) is 5.34. The van der Waals surface area contributed by atoms with Gasteiger partial charge in [-0.15, -0.1) is 0 Å². The Morgan fingerprint density at radius 3 is 2.69 bits per heavy atom. The normalized spacial score (nSPS) is 12.6. The van der Waals surface area contributed by atoms with E-state index >= 15 is 0 Å². The minimum Gasteiger partial charge on any atom is -0.366 e. The van der Waals surface area contributed by atoms with Crippen molar-refractivity contribution in [2.45, 2.75) is 33.2 Å². The Morgan fingerprint density at radius 2 is 2.19 bits per heavy atom. The lowest BCUT2D eigenvalue weighted by atomic mass is 10.0. The fourth-order valence-electron chi connectivity index (χ4n) is 1.45. The molecule has 90 valence electrons. The third-order valence-electron chi connectivity index (χ3n) is 2.44. The van der Waals surface area contributed by atoms with Crippen LogP contribution >= 0.6 is 15.9 Å². The molecule has 1 heterocycles. The fourth-order valence-corrected chi connectivity index (χ4v) is 1.76. The molecule has 1 aromatic heterocycles. The molecule has 6 heteroatoms. The van der Waals surface area contributed by atoms with Gasteiger partial charge in [-0.25, -0.2) is 10.8 Å². The van der Waals surface area contributed by atoms with E-state index in [9.17, 15) is 0 Å². The molecule has 0 amide bonds. The number of nitrogens with zero attached hydrogens (tertiary/aromatic N) is 2. The molecule has 0 saturated carbocycles. The zero-order valence-corrected chi connectivity index (χ0v) is 11.4. The van der Waals surface area contributed by atoms with Crippen LogP contribution in [0, 0.1) is 5.92 Å². The average molecular weight is 288 g/mol. The minimum absolute atomic E-state index is 0.386. The van der Waals surface area contributed by atoms with Crippen LogP contribution in [0.2, 0.25) is 0 Å². The Morgan fingerprint density at radius 1 is 1.50 bits per heavy atom. The van der Waals surface area contributed by atoms with Crippen LogP contribution in [0.5, 0.6) is 0 Å². The molecule has 1 atom stereocenters. The molecular weight excluding hydrogens is 270 g/mol. The number of nitrogen functional groups attached to an aromatic ring is 1. The Balaban J connectivity index is 2.86. The van der Waals surface area contributed by atoms with Crippen molar-refractivity contribution >= 4 is 27.7 Å². The summed E-state index contributed by atoms with van der Waals surface area (Å²) in [5, 5.41) is 3.38. The largest absolute Gasteiger partial charge is 0.366 e. The van der Waals surface area contributed by atoms with Crippen LogP contribution in [0.15, 0.2) is 10.7 Å². The first kappa shape index (κ1) is 13.2. The van der Waals surface area contributed by atoms with Crippen LogP contribution < -0.4 is 16.6 Å². The molecule has 4 N–H and O–H groups in total. The van der Waals surface area contributed by atoms with E-state index in [0.717, 1.165) is 16.7 Å². The molecule has 0 bridgehead atoms. The number of anilines is 2. The Hall–Kier alpha value is -0.880. The fraction of sp³-hybridized carbons (Fsp3) is 0.600. The van der Waals surface area contributed by atoms with Crippen molar-refractivity contribution in [2.75, 3.05) is 10.7 Å². The lowest BCUT2D eigenvalue weighted by molar-refractivity contribution is 0.509. The predicted octanol–water partition coefficient (Wildman–Crippen LogP) is 2.37. The topological polar surface area (TPSA) is 75.9 Å². The molecular formula is C10H18BrN5. The quantitative estimate of drug-likeness (QED) is 0.573. The first-order valence-corrected chi connectivity index (χ1v) is 6.13. The first-order chi connectivity index (χ1) is 7.58. The number of hydrogen-bond acceptors (Lipinski definition) is 5. The Bertz CT molecular complexity index is 342. The maximum absolute atomic E-state index is 5.27.